The molecular weight excluding hydrogens is 240 g/mol. The topological polar surface area (TPSA) is 77.8 Å². The van der Waals surface area contributed by atoms with Crippen LogP contribution < -0.4 is 5.73 Å². The van der Waals surface area contributed by atoms with Gasteiger partial charge in [0.05, 0.1) is 0 Å². The van der Waals surface area contributed by atoms with Gasteiger partial charge in [-0.2, -0.15) is 4.98 Å². The lowest BCUT2D eigenvalue weighted by molar-refractivity contribution is 0.372. The van der Waals surface area contributed by atoms with Crippen LogP contribution in [0.1, 0.15) is 37.4 Å². The maximum Gasteiger partial charge on any atom is 0.258 e. The first-order chi connectivity index (χ1) is 9.29. The minimum Gasteiger partial charge on any atom is -0.384 e. The molecule has 2 fully saturated rings. The Kier molecular flexibility index (Phi) is 2.33. The number of nitrogen functional groups attached to an aromatic ring is 1. The summed E-state index contributed by atoms with van der Waals surface area (Å²) in [4.78, 5) is 8.53. The molecule has 0 saturated heterocycles. The van der Waals surface area contributed by atoms with Gasteiger partial charge in [-0.05, 0) is 43.2 Å². The summed E-state index contributed by atoms with van der Waals surface area (Å²) >= 11 is 0. The van der Waals surface area contributed by atoms with Crippen LogP contribution in [0.5, 0.6) is 0 Å². The van der Waals surface area contributed by atoms with Gasteiger partial charge in [0.15, 0.2) is 5.82 Å². The van der Waals surface area contributed by atoms with Gasteiger partial charge in [-0.1, -0.05) is 11.6 Å². The molecule has 2 aliphatic carbocycles. The molecule has 3 atom stereocenters. The summed E-state index contributed by atoms with van der Waals surface area (Å²) in [5.74, 6) is 4.03. The number of rotatable bonds is 2. The van der Waals surface area contributed by atoms with Crippen LogP contribution in [-0.4, -0.2) is 15.1 Å². The Hall–Kier alpha value is -1.91. The molecule has 19 heavy (non-hydrogen) atoms. The fraction of sp³-hybridized carbons (Fsp3) is 0.500. The fourth-order valence-electron chi connectivity index (χ4n) is 3.65. The molecular formula is C14H16N4O. The second-order valence-corrected chi connectivity index (χ2v) is 5.71. The van der Waals surface area contributed by atoms with Crippen LogP contribution in [0.15, 0.2) is 22.9 Å². The van der Waals surface area contributed by atoms with Gasteiger partial charge in [-0.25, -0.2) is 4.98 Å². The van der Waals surface area contributed by atoms with E-state index in [4.69, 9.17) is 10.3 Å². The van der Waals surface area contributed by atoms with Crippen molar-refractivity contribution in [1.29, 1.82) is 0 Å². The summed E-state index contributed by atoms with van der Waals surface area (Å²) in [6.45, 7) is 0. The van der Waals surface area contributed by atoms with Crippen LogP contribution in [-0.2, 0) is 0 Å². The molecule has 0 radical (unpaired) electrons. The molecule has 0 aromatic carbocycles. The maximum absolute atomic E-state index is 5.67. The Morgan fingerprint density at radius 1 is 1.26 bits per heavy atom. The third kappa shape index (κ3) is 1.80. The van der Waals surface area contributed by atoms with Crippen LogP contribution in [0.4, 0.5) is 5.82 Å². The van der Waals surface area contributed by atoms with Crippen molar-refractivity contribution < 1.29 is 4.52 Å². The van der Waals surface area contributed by atoms with Gasteiger partial charge >= 0.3 is 0 Å². The van der Waals surface area contributed by atoms with Crippen LogP contribution in [0.3, 0.4) is 0 Å². The molecule has 2 aliphatic rings. The number of nitrogens with two attached hydrogens (primary N) is 1. The van der Waals surface area contributed by atoms with Gasteiger partial charge in [-0.15, -0.1) is 0 Å². The van der Waals surface area contributed by atoms with E-state index in [1.165, 1.54) is 25.7 Å². The van der Waals surface area contributed by atoms with Crippen LogP contribution in [0.2, 0.25) is 0 Å². The van der Waals surface area contributed by atoms with Crippen molar-refractivity contribution in [2.45, 2.75) is 31.6 Å². The van der Waals surface area contributed by atoms with E-state index >= 15 is 0 Å². The van der Waals surface area contributed by atoms with Crippen molar-refractivity contribution in [3.05, 3.63) is 24.2 Å². The predicted octanol–water partition coefficient (Wildman–Crippen LogP) is 2.62. The molecule has 98 valence electrons. The molecule has 2 N–H and O–H groups in total. The monoisotopic (exact) mass is 256 g/mol. The van der Waals surface area contributed by atoms with E-state index < -0.39 is 0 Å². The molecule has 2 aromatic heterocycles. The number of pyridine rings is 1. The molecule has 0 aliphatic heterocycles. The highest BCUT2D eigenvalue weighted by molar-refractivity contribution is 5.56. The molecule has 3 unspecified atom stereocenters. The van der Waals surface area contributed by atoms with Crippen LogP contribution in [0.25, 0.3) is 11.5 Å². The smallest absolute Gasteiger partial charge is 0.258 e. The first-order valence-corrected chi connectivity index (χ1v) is 6.85. The second kappa shape index (κ2) is 4.05. The summed E-state index contributed by atoms with van der Waals surface area (Å²) in [5.41, 5.74) is 6.52. The van der Waals surface area contributed by atoms with Crippen LogP contribution >= 0.6 is 0 Å². The lowest BCUT2D eigenvalue weighted by Gasteiger charge is -2.17. The number of fused-ring (bicyclic) bond motifs is 2. The van der Waals surface area contributed by atoms with E-state index in [-0.39, 0.29) is 0 Å². The van der Waals surface area contributed by atoms with Gasteiger partial charge in [0.25, 0.3) is 5.89 Å². The highest BCUT2D eigenvalue weighted by atomic mass is 16.5. The lowest BCUT2D eigenvalue weighted by atomic mass is 9.88. The zero-order valence-electron chi connectivity index (χ0n) is 10.6. The summed E-state index contributed by atoms with van der Waals surface area (Å²) in [6, 6.07) is 3.60. The second-order valence-electron chi connectivity index (χ2n) is 5.71. The van der Waals surface area contributed by atoms with Crippen molar-refractivity contribution in [2.75, 3.05) is 5.73 Å². The van der Waals surface area contributed by atoms with Crippen molar-refractivity contribution in [2.24, 2.45) is 11.8 Å². The van der Waals surface area contributed by atoms with E-state index in [1.807, 2.05) is 6.07 Å². The van der Waals surface area contributed by atoms with Gasteiger partial charge in [-0.3, -0.25) is 0 Å². The highest BCUT2D eigenvalue weighted by Gasteiger charge is 2.42. The molecule has 5 nitrogen and oxygen atoms in total. The summed E-state index contributed by atoms with van der Waals surface area (Å²) < 4.78 is 5.38. The zero-order valence-corrected chi connectivity index (χ0v) is 10.6. The number of anilines is 1. The first-order valence-electron chi connectivity index (χ1n) is 6.85. The van der Waals surface area contributed by atoms with E-state index in [9.17, 15) is 0 Å². The number of hydrogen-bond donors (Lipinski definition) is 1. The van der Waals surface area contributed by atoms with E-state index in [1.54, 1.807) is 12.3 Å². The van der Waals surface area contributed by atoms with Gasteiger partial charge in [0.1, 0.15) is 5.82 Å². The third-order valence-corrected chi connectivity index (χ3v) is 4.54. The average Bonchev–Trinajstić information content (AvgIpc) is 3.14. The Balaban J connectivity index is 1.63. The molecule has 2 aromatic rings. The molecule has 0 spiro atoms. The Bertz CT molecular complexity index is 609. The maximum atomic E-state index is 5.67. The van der Waals surface area contributed by atoms with Crippen molar-refractivity contribution in [1.82, 2.24) is 15.1 Å². The molecule has 2 heterocycles. The minimum atomic E-state index is 0.470. The number of aromatic nitrogens is 3. The lowest BCUT2D eigenvalue weighted by Crippen LogP contribution is -2.09. The summed E-state index contributed by atoms with van der Waals surface area (Å²) in [6.07, 6.45) is 6.93. The van der Waals surface area contributed by atoms with Crippen molar-refractivity contribution in [3.63, 3.8) is 0 Å². The third-order valence-electron chi connectivity index (χ3n) is 4.54. The Labute approximate surface area is 111 Å². The van der Waals surface area contributed by atoms with Gasteiger partial charge in [0.2, 0.25) is 0 Å². The molecule has 2 bridgehead atoms. The standard InChI is InChI=1S/C14H16N4O/c15-12-7-10(3-4-16-12)14-17-13(18-19-14)11-6-8-1-2-9(11)5-8/h3-4,7-9,11H,1-2,5-6H2,(H2,15,16). The average molecular weight is 256 g/mol. The van der Waals surface area contributed by atoms with E-state index in [0.29, 0.717) is 17.6 Å². The van der Waals surface area contributed by atoms with E-state index in [0.717, 1.165) is 23.2 Å². The normalized spacial score (nSPS) is 28.9. The molecule has 4 rings (SSSR count). The van der Waals surface area contributed by atoms with Crippen molar-refractivity contribution in [3.8, 4) is 11.5 Å². The summed E-state index contributed by atoms with van der Waals surface area (Å²) in [7, 11) is 0. The summed E-state index contributed by atoms with van der Waals surface area (Å²) in [5, 5.41) is 4.18. The number of hydrogen-bond acceptors (Lipinski definition) is 5. The highest BCUT2D eigenvalue weighted by Crippen LogP contribution is 2.52. The fourth-order valence-corrected chi connectivity index (χ4v) is 3.65. The van der Waals surface area contributed by atoms with Gasteiger partial charge in [0, 0.05) is 17.7 Å². The molecule has 2 saturated carbocycles. The quantitative estimate of drug-likeness (QED) is 0.893. The zero-order chi connectivity index (χ0) is 12.8. The van der Waals surface area contributed by atoms with Gasteiger partial charge < -0.3 is 10.3 Å². The molecule has 5 heteroatoms. The number of nitrogens with zero attached hydrogens (tertiary/aromatic N) is 3. The Morgan fingerprint density at radius 2 is 2.21 bits per heavy atom. The SMILES string of the molecule is Nc1cc(-c2nc(C3CC4CCC3C4)no2)ccn1. The van der Waals surface area contributed by atoms with E-state index in [2.05, 4.69) is 15.1 Å². The first kappa shape index (κ1) is 11.0. The largest absolute Gasteiger partial charge is 0.384 e. The minimum absolute atomic E-state index is 0.470. The van der Waals surface area contributed by atoms with Crippen molar-refractivity contribution >= 4 is 5.82 Å². The Morgan fingerprint density at radius 3 is 2.95 bits per heavy atom. The predicted molar refractivity (Wildman–Crippen MR) is 70.1 cm³/mol. The molecule has 0 amide bonds. The van der Waals surface area contributed by atoms with Crippen LogP contribution in [0, 0.1) is 11.8 Å².